The molecule has 4 aromatic rings. The second-order valence-electron chi connectivity index (χ2n) is 6.93. The Labute approximate surface area is 194 Å². The third-order valence-electron chi connectivity index (χ3n) is 4.45. The molecule has 8 heteroatoms. The van der Waals surface area contributed by atoms with Gasteiger partial charge in [0.2, 0.25) is 5.91 Å². The maximum Gasteiger partial charge on any atom is 0.265 e. The molecule has 3 aromatic carbocycles. The lowest BCUT2D eigenvalue weighted by molar-refractivity contribution is -0.122. The summed E-state index contributed by atoms with van der Waals surface area (Å²) in [6.07, 6.45) is -0.635. The minimum atomic E-state index is -0.635. The standard InChI is InChI=1S/C24H21N3O3S2/c1-16(30-19-10-6-3-7-11-19)23(29)26-18-12-13-20-21(14-18)32-24(27-20)31-15-22(28)25-17-8-4-2-5-9-17/h2-14,16H,15H2,1H3,(H,25,28)(H,26,29)/t16-/m1/s1. The molecule has 2 N–H and O–H groups in total. The van der Waals surface area contributed by atoms with E-state index in [0.29, 0.717) is 11.4 Å². The smallest absolute Gasteiger partial charge is 0.265 e. The van der Waals surface area contributed by atoms with Crippen molar-refractivity contribution in [2.45, 2.75) is 17.4 Å². The first-order valence-electron chi connectivity index (χ1n) is 9.98. The van der Waals surface area contributed by atoms with Crippen molar-refractivity contribution in [2.75, 3.05) is 16.4 Å². The van der Waals surface area contributed by atoms with Crippen LogP contribution < -0.4 is 15.4 Å². The second-order valence-corrected chi connectivity index (χ2v) is 9.18. The van der Waals surface area contributed by atoms with Gasteiger partial charge in [-0.2, -0.15) is 0 Å². The van der Waals surface area contributed by atoms with Gasteiger partial charge in [-0.15, -0.1) is 11.3 Å². The molecule has 1 heterocycles. The second kappa shape index (κ2) is 10.3. The van der Waals surface area contributed by atoms with E-state index in [0.717, 1.165) is 20.2 Å². The molecule has 0 radical (unpaired) electrons. The number of carbonyl (C=O) groups excluding carboxylic acids is 2. The molecule has 6 nitrogen and oxygen atoms in total. The molecule has 0 spiro atoms. The van der Waals surface area contributed by atoms with Crippen molar-refractivity contribution in [3.05, 3.63) is 78.9 Å². The number of nitrogens with one attached hydrogen (secondary N) is 2. The summed E-state index contributed by atoms with van der Waals surface area (Å²) in [5.41, 5.74) is 2.27. The van der Waals surface area contributed by atoms with Crippen LogP contribution in [0.2, 0.25) is 0 Å². The van der Waals surface area contributed by atoms with Gasteiger partial charge in [-0.05, 0) is 49.4 Å². The number of ether oxygens (including phenoxy) is 1. The fourth-order valence-corrected chi connectivity index (χ4v) is 4.80. The van der Waals surface area contributed by atoms with Crippen molar-refractivity contribution in [1.29, 1.82) is 0 Å². The highest BCUT2D eigenvalue weighted by Gasteiger charge is 2.16. The highest BCUT2D eigenvalue weighted by Crippen LogP contribution is 2.31. The van der Waals surface area contributed by atoms with Crippen LogP contribution in [0.3, 0.4) is 0 Å². The van der Waals surface area contributed by atoms with Gasteiger partial charge in [-0.1, -0.05) is 48.2 Å². The fourth-order valence-electron chi connectivity index (χ4n) is 2.89. The number of nitrogens with zero attached hydrogens (tertiary/aromatic N) is 1. The molecule has 162 valence electrons. The minimum Gasteiger partial charge on any atom is -0.481 e. The zero-order valence-electron chi connectivity index (χ0n) is 17.3. The van der Waals surface area contributed by atoms with Crippen LogP contribution in [0.1, 0.15) is 6.92 Å². The Balaban J connectivity index is 1.34. The quantitative estimate of drug-likeness (QED) is 0.341. The van der Waals surface area contributed by atoms with Crippen LogP contribution in [0, 0.1) is 0 Å². The van der Waals surface area contributed by atoms with Crippen LogP contribution in [0.15, 0.2) is 83.2 Å². The maximum atomic E-state index is 12.5. The molecule has 32 heavy (non-hydrogen) atoms. The zero-order chi connectivity index (χ0) is 22.3. The number of rotatable bonds is 8. The van der Waals surface area contributed by atoms with E-state index >= 15 is 0 Å². The van der Waals surface area contributed by atoms with Gasteiger partial charge in [-0.3, -0.25) is 9.59 Å². The molecule has 0 unspecified atom stereocenters. The molecule has 0 saturated heterocycles. The number of thioether (sulfide) groups is 1. The third-order valence-corrected chi connectivity index (χ3v) is 6.61. The van der Waals surface area contributed by atoms with E-state index in [1.54, 1.807) is 6.92 Å². The van der Waals surface area contributed by atoms with Gasteiger partial charge in [-0.25, -0.2) is 4.98 Å². The maximum absolute atomic E-state index is 12.5. The SMILES string of the molecule is C[C@@H](Oc1ccccc1)C(=O)Nc1ccc2nc(SCC(=O)Nc3ccccc3)sc2c1. The Bertz CT molecular complexity index is 1210. The molecule has 0 bridgehead atoms. The number of hydrogen-bond donors (Lipinski definition) is 2. The van der Waals surface area contributed by atoms with E-state index in [4.69, 9.17) is 4.74 Å². The first-order chi connectivity index (χ1) is 15.6. The van der Waals surface area contributed by atoms with Gasteiger partial charge in [0.05, 0.1) is 16.0 Å². The molecular weight excluding hydrogens is 442 g/mol. The molecule has 1 atom stereocenters. The predicted molar refractivity (Wildman–Crippen MR) is 131 cm³/mol. The number of thiazole rings is 1. The highest BCUT2D eigenvalue weighted by atomic mass is 32.2. The van der Waals surface area contributed by atoms with E-state index in [2.05, 4.69) is 15.6 Å². The Morgan fingerprint density at radius 3 is 2.44 bits per heavy atom. The number of amides is 2. The Morgan fingerprint density at radius 1 is 0.969 bits per heavy atom. The molecule has 0 aliphatic rings. The van der Waals surface area contributed by atoms with E-state index in [-0.39, 0.29) is 17.6 Å². The van der Waals surface area contributed by atoms with Crippen molar-refractivity contribution < 1.29 is 14.3 Å². The number of para-hydroxylation sites is 2. The normalized spacial score (nSPS) is 11.7. The monoisotopic (exact) mass is 463 g/mol. The van der Waals surface area contributed by atoms with Crippen LogP contribution in [-0.2, 0) is 9.59 Å². The molecule has 0 aliphatic carbocycles. The summed E-state index contributed by atoms with van der Waals surface area (Å²) in [7, 11) is 0. The van der Waals surface area contributed by atoms with Crippen LogP contribution in [0.25, 0.3) is 10.2 Å². The van der Waals surface area contributed by atoms with E-state index in [1.807, 2.05) is 78.9 Å². The van der Waals surface area contributed by atoms with Crippen LogP contribution in [0.5, 0.6) is 5.75 Å². The molecule has 4 rings (SSSR count). The van der Waals surface area contributed by atoms with E-state index < -0.39 is 6.10 Å². The van der Waals surface area contributed by atoms with Gasteiger partial charge in [0.1, 0.15) is 5.75 Å². The average Bonchev–Trinajstić information content (AvgIpc) is 3.21. The molecular formula is C24H21N3O3S2. The van der Waals surface area contributed by atoms with Crippen molar-refractivity contribution in [3.8, 4) is 5.75 Å². The van der Waals surface area contributed by atoms with Gasteiger partial charge in [0.25, 0.3) is 5.91 Å². The van der Waals surface area contributed by atoms with Crippen molar-refractivity contribution in [2.24, 2.45) is 0 Å². The first-order valence-corrected chi connectivity index (χ1v) is 11.8. The summed E-state index contributed by atoms with van der Waals surface area (Å²) in [6.45, 7) is 1.71. The lowest BCUT2D eigenvalue weighted by Crippen LogP contribution is -2.30. The topological polar surface area (TPSA) is 80.3 Å². The lowest BCUT2D eigenvalue weighted by atomic mass is 10.2. The Hall–Kier alpha value is -3.36. The number of carbonyl (C=O) groups is 2. The van der Waals surface area contributed by atoms with Gasteiger partial charge in [0.15, 0.2) is 10.4 Å². The number of fused-ring (bicyclic) bond motifs is 1. The fraction of sp³-hybridized carbons (Fsp3) is 0.125. The van der Waals surface area contributed by atoms with Crippen LogP contribution >= 0.6 is 23.1 Å². The average molecular weight is 464 g/mol. The summed E-state index contributed by atoms with van der Waals surface area (Å²) < 4.78 is 7.41. The van der Waals surface area contributed by atoms with Crippen molar-refractivity contribution in [1.82, 2.24) is 4.98 Å². The zero-order valence-corrected chi connectivity index (χ0v) is 18.9. The summed E-state index contributed by atoms with van der Waals surface area (Å²) in [4.78, 5) is 29.2. The van der Waals surface area contributed by atoms with Crippen molar-refractivity contribution in [3.63, 3.8) is 0 Å². The molecule has 0 fully saturated rings. The number of aromatic nitrogens is 1. The largest absolute Gasteiger partial charge is 0.481 e. The molecule has 2 amide bonds. The number of hydrogen-bond acceptors (Lipinski definition) is 6. The molecule has 0 saturated carbocycles. The van der Waals surface area contributed by atoms with Crippen LogP contribution in [-0.4, -0.2) is 28.7 Å². The number of benzene rings is 3. The third kappa shape index (κ3) is 5.87. The summed E-state index contributed by atoms with van der Waals surface area (Å²) in [5.74, 6) is 0.601. The van der Waals surface area contributed by atoms with E-state index in [9.17, 15) is 9.59 Å². The van der Waals surface area contributed by atoms with Crippen LogP contribution in [0.4, 0.5) is 11.4 Å². The first kappa shape index (κ1) is 21.9. The Morgan fingerprint density at radius 2 is 1.69 bits per heavy atom. The van der Waals surface area contributed by atoms with Gasteiger partial charge in [0, 0.05) is 11.4 Å². The van der Waals surface area contributed by atoms with Crippen molar-refractivity contribution >= 4 is 56.5 Å². The summed E-state index contributed by atoms with van der Waals surface area (Å²) in [6, 6.07) is 24.1. The lowest BCUT2D eigenvalue weighted by Gasteiger charge is -2.14. The predicted octanol–water partition coefficient (Wildman–Crippen LogP) is 5.43. The molecule has 1 aromatic heterocycles. The van der Waals surface area contributed by atoms with E-state index in [1.165, 1.54) is 23.1 Å². The molecule has 0 aliphatic heterocycles. The van der Waals surface area contributed by atoms with Gasteiger partial charge < -0.3 is 15.4 Å². The summed E-state index contributed by atoms with van der Waals surface area (Å²) >= 11 is 2.87. The van der Waals surface area contributed by atoms with Gasteiger partial charge >= 0.3 is 0 Å². The minimum absolute atomic E-state index is 0.0826. The Kier molecular flexibility index (Phi) is 7.03. The summed E-state index contributed by atoms with van der Waals surface area (Å²) in [5, 5.41) is 5.75. The highest BCUT2D eigenvalue weighted by molar-refractivity contribution is 8.01. The number of anilines is 2.